The Kier molecular flexibility index (Phi) is 4.84. The maximum atomic E-state index is 11.2. The van der Waals surface area contributed by atoms with Crippen LogP contribution in [0.1, 0.15) is 31.1 Å². The molecule has 1 N–H and O–H groups in total. The Balaban J connectivity index is 3.43. The Labute approximate surface area is 132 Å². The fourth-order valence-corrected chi connectivity index (χ4v) is 3.06. The highest BCUT2D eigenvalue weighted by atomic mass is 79.9. The van der Waals surface area contributed by atoms with Gasteiger partial charge in [-0.15, -0.1) is 0 Å². The third kappa shape index (κ3) is 3.82. The van der Waals surface area contributed by atoms with Crippen LogP contribution in [0.25, 0.3) is 0 Å². The number of hydrogen-bond acceptors (Lipinski definition) is 4. The Morgan fingerprint density at radius 1 is 1.38 bits per heavy atom. The molecular weight excluding hydrogens is 358 g/mol. The van der Waals surface area contributed by atoms with Crippen LogP contribution in [0.15, 0.2) is 16.6 Å². The van der Waals surface area contributed by atoms with Crippen LogP contribution in [0.4, 0.5) is 5.69 Å². The van der Waals surface area contributed by atoms with Gasteiger partial charge in [0.2, 0.25) is 0 Å². The molecule has 0 saturated heterocycles. The van der Waals surface area contributed by atoms with Crippen molar-refractivity contribution < 1.29 is 19.3 Å². The molecule has 0 saturated carbocycles. The molecular formula is C13H18BrNO5Si. The lowest BCUT2D eigenvalue weighted by Crippen LogP contribution is -2.44. The van der Waals surface area contributed by atoms with E-state index in [1.165, 1.54) is 6.07 Å². The molecule has 0 aliphatic carbocycles. The maximum absolute atomic E-state index is 11.2. The molecule has 1 aromatic carbocycles. The molecule has 0 aromatic heterocycles. The van der Waals surface area contributed by atoms with Crippen molar-refractivity contribution in [1.29, 1.82) is 0 Å². The van der Waals surface area contributed by atoms with E-state index >= 15 is 0 Å². The average molecular weight is 376 g/mol. The van der Waals surface area contributed by atoms with E-state index in [1.807, 2.05) is 33.9 Å². The van der Waals surface area contributed by atoms with Crippen LogP contribution in [0.2, 0.25) is 18.1 Å². The molecule has 8 heteroatoms. The van der Waals surface area contributed by atoms with Crippen molar-refractivity contribution in [2.45, 2.75) is 38.9 Å². The summed E-state index contributed by atoms with van der Waals surface area (Å²) in [6.45, 7) is 9.99. The zero-order chi connectivity index (χ0) is 16.6. The first kappa shape index (κ1) is 17.6. The molecule has 0 spiro atoms. The van der Waals surface area contributed by atoms with Crippen LogP contribution < -0.4 is 4.43 Å². The molecule has 0 fully saturated rings. The zero-order valence-corrected chi connectivity index (χ0v) is 15.1. The Morgan fingerprint density at radius 2 is 1.90 bits per heavy atom. The minimum Gasteiger partial charge on any atom is -0.538 e. The van der Waals surface area contributed by atoms with Crippen LogP contribution in [0.3, 0.4) is 0 Å². The van der Waals surface area contributed by atoms with Gasteiger partial charge in [0.1, 0.15) is 0 Å². The lowest BCUT2D eigenvalue weighted by Gasteiger charge is -2.36. The summed E-state index contributed by atoms with van der Waals surface area (Å²) in [5.41, 5.74) is -0.497. The number of carboxylic acid groups (broad SMARTS) is 1. The summed E-state index contributed by atoms with van der Waals surface area (Å²) in [7, 11) is -2.28. The Hall–Kier alpha value is -1.41. The van der Waals surface area contributed by atoms with Crippen molar-refractivity contribution in [3.63, 3.8) is 0 Å². The van der Waals surface area contributed by atoms with Gasteiger partial charge < -0.3 is 9.53 Å². The number of aromatic carboxylic acids is 1. The predicted molar refractivity (Wildman–Crippen MR) is 85.6 cm³/mol. The van der Waals surface area contributed by atoms with Crippen LogP contribution in [0.5, 0.6) is 5.75 Å². The number of hydrogen-bond donors (Lipinski definition) is 1. The van der Waals surface area contributed by atoms with Gasteiger partial charge in [-0.2, -0.15) is 0 Å². The maximum Gasteiger partial charge on any atom is 0.335 e. The highest BCUT2D eigenvalue weighted by Crippen LogP contribution is 2.43. The van der Waals surface area contributed by atoms with E-state index in [-0.39, 0.29) is 26.5 Å². The SMILES string of the molecule is CC(C)(C)[Si](C)(C)Oc1c(Br)cc(C(=O)O)cc1[N+](=O)[O-]. The van der Waals surface area contributed by atoms with E-state index < -0.39 is 19.2 Å². The number of nitro benzene ring substituents is 1. The quantitative estimate of drug-likeness (QED) is 0.477. The second kappa shape index (κ2) is 5.76. The number of carboxylic acids is 1. The van der Waals surface area contributed by atoms with Crippen molar-refractivity contribution in [3.8, 4) is 5.75 Å². The van der Waals surface area contributed by atoms with E-state index in [4.69, 9.17) is 9.53 Å². The van der Waals surface area contributed by atoms with Gasteiger partial charge in [-0.3, -0.25) is 10.1 Å². The molecule has 6 nitrogen and oxygen atoms in total. The highest BCUT2D eigenvalue weighted by Gasteiger charge is 2.41. The smallest absolute Gasteiger partial charge is 0.335 e. The van der Waals surface area contributed by atoms with Crippen LogP contribution in [-0.4, -0.2) is 24.3 Å². The third-order valence-corrected chi connectivity index (χ3v) is 8.55. The number of nitrogens with zero attached hydrogens (tertiary/aromatic N) is 1. The first-order valence-corrected chi connectivity index (χ1v) is 9.97. The fraction of sp³-hybridized carbons (Fsp3) is 0.462. The summed E-state index contributed by atoms with van der Waals surface area (Å²) in [5.74, 6) is -1.13. The minimum atomic E-state index is -2.28. The number of carbonyl (C=O) groups is 1. The summed E-state index contributed by atoms with van der Waals surface area (Å²) < 4.78 is 6.26. The molecule has 1 rings (SSSR count). The lowest BCUT2D eigenvalue weighted by atomic mass is 10.2. The molecule has 0 atom stereocenters. The normalized spacial score (nSPS) is 12.1. The summed E-state index contributed by atoms with van der Waals surface area (Å²) in [4.78, 5) is 21.6. The number of rotatable bonds is 4. The summed E-state index contributed by atoms with van der Waals surface area (Å²) in [6.07, 6.45) is 0. The van der Waals surface area contributed by atoms with Crippen LogP contribution in [-0.2, 0) is 0 Å². The van der Waals surface area contributed by atoms with Crippen molar-refractivity contribution in [2.24, 2.45) is 0 Å². The van der Waals surface area contributed by atoms with E-state index in [1.54, 1.807) is 0 Å². The molecule has 0 radical (unpaired) electrons. The van der Waals surface area contributed by atoms with Gasteiger partial charge in [0, 0.05) is 6.07 Å². The van der Waals surface area contributed by atoms with E-state index in [0.29, 0.717) is 0 Å². The van der Waals surface area contributed by atoms with E-state index in [0.717, 1.165) is 6.07 Å². The van der Waals surface area contributed by atoms with Gasteiger partial charge in [-0.25, -0.2) is 4.79 Å². The Bertz CT molecular complexity index is 595. The Morgan fingerprint density at radius 3 is 2.29 bits per heavy atom. The van der Waals surface area contributed by atoms with Crippen molar-refractivity contribution >= 4 is 35.9 Å². The molecule has 21 heavy (non-hydrogen) atoms. The fourth-order valence-electron chi connectivity index (χ4n) is 1.35. The number of nitro groups is 1. The average Bonchev–Trinajstić information content (AvgIpc) is 2.28. The summed E-state index contributed by atoms with van der Waals surface area (Å²) >= 11 is 3.18. The number of benzene rings is 1. The summed E-state index contributed by atoms with van der Waals surface area (Å²) in [6, 6.07) is 2.34. The largest absolute Gasteiger partial charge is 0.538 e. The minimum absolute atomic E-state index is 0.0941. The zero-order valence-electron chi connectivity index (χ0n) is 12.6. The topological polar surface area (TPSA) is 89.7 Å². The molecule has 0 unspecified atom stereocenters. The van der Waals surface area contributed by atoms with E-state index in [9.17, 15) is 14.9 Å². The van der Waals surface area contributed by atoms with E-state index in [2.05, 4.69) is 15.9 Å². The third-order valence-electron chi connectivity index (χ3n) is 3.63. The second-order valence-corrected chi connectivity index (χ2v) is 11.8. The van der Waals surface area contributed by atoms with Gasteiger partial charge in [0.05, 0.1) is 15.0 Å². The molecule has 0 heterocycles. The first-order chi connectivity index (χ1) is 9.36. The van der Waals surface area contributed by atoms with Gasteiger partial charge in [0.25, 0.3) is 8.32 Å². The van der Waals surface area contributed by atoms with Crippen molar-refractivity contribution in [2.75, 3.05) is 0 Å². The standard InChI is InChI=1S/C13H18BrNO5Si/c1-13(2,3)21(4,5)20-11-9(14)6-8(12(16)17)7-10(11)15(18)19/h6-7H,1-5H3,(H,16,17). The molecule has 1 aromatic rings. The second-order valence-electron chi connectivity index (χ2n) is 6.23. The van der Waals surface area contributed by atoms with Gasteiger partial charge in [0.15, 0.2) is 5.75 Å². The number of halogens is 1. The molecule has 0 aliphatic rings. The molecule has 0 bridgehead atoms. The van der Waals surface area contributed by atoms with Crippen molar-refractivity contribution in [3.05, 3.63) is 32.3 Å². The van der Waals surface area contributed by atoms with Crippen molar-refractivity contribution in [1.82, 2.24) is 0 Å². The molecule has 0 aliphatic heterocycles. The highest BCUT2D eigenvalue weighted by molar-refractivity contribution is 9.10. The predicted octanol–water partition coefficient (Wildman–Crippen LogP) is 4.44. The first-order valence-electron chi connectivity index (χ1n) is 6.27. The van der Waals surface area contributed by atoms with Crippen LogP contribution >= 0.6 is 15.9 Å². The van der Waals surface area contributed by atoms with Gasteiger partial charge in [-0.1, -0.05) is 20.8 Å². The monoisotopic (exact) mass is 375 g/mol. The lowest BCUT2D eigenvalue weighted by molar-refractivity contribution is -0.385. The van der Waals surface area contributed by atoms with Crippen LogP contribution in [0, 0.1) is 10.1 Å². The van der Waals surface area contributed by atoms with Gasteiger partial charge in [-0.05, 0) is 40.1 Å². The van der Waals surface area contributed by atoms with Gasteiger partial charge >= 0.3 is 11.7 Å². The molecule has 116 valence electrons. The molecule has 0 amide bonds. The summed E-state index contributed by atoms with van der Waals surface area (Å²) in [5, 5.41) is 20.1.